The maximum atomic E-state index is 12.2. The number of aryl methyl sites for hydroxylation is 3. The standard InChI is InChI=1S/C24H27NO4/c1-5-21(18-8-6-15(2)7-9-18)25-23(26)14-29-24(27)12-19-13-28-22-11-17(4)16(3)10-20(19)22/h6-11,13,21H,5,12,14H2,1-4H3,(H,25,26)/t21-/m1/s1. The van der Waals surface area contributed by atoms with Gasteiger partial charge in [0.05, 0.1) is 18.7 Å². The van der Waals surface area contributed by atoms with Crippen LogP contribution in [-0.2, 0) is 20.7 Å². The van der Waals surface area contributed by atoms with Gasteiger partial charge in [0.25, 0.3) is 5.91 Å². The quantitative estimate of drug-likeness (QED) is 0.590. The molecule has 0 fully saturated rings. The average molecular weight is 393 g/mol. The van der Waals surface area contributed by atoms with Crippen LogP contribution in [0, 0.1) is 20.8 Å². The van der Waals surface area contributed by atoms with Gasteiger partial charge < -0.3 is 14.5 Å². The summed E-state index contributed by atoms with van der Waals surface area (Å²) in [7, 11) is 0. The number of furan rings is 1. The van der Waals surface area contributed by atoms with Crippen LogP contribution in [-0.4, -0.2) is 18.5 Å². The molecule has 5 nitrogen and oxygen atoms in total. The van der Waals surface area contributed by atoms with Crippen molar-refractivity contribution in [2.75, 3.05) is 6.61 Å². The minimum atomic E-state index is -0.454. The Morgan fingerprint density at radius 2 is 1.76 bits per heavy atom. The van der Waals surface area contributed by atoms with Crippen molar-refractivity contribution in [2.45, 2.75) is 46.6 Å². The van der Waals surface area contributed by atoms with Crippen LogP contribution in [0.2, 0.25) is 0 Å². The number of nitrogens with one attached hydrogen (secondary N) is 1. The van der Waals surface area contributed by atoms with Crippen LogP contribution < -0.4 is 5.32 Å². The first kappa shape index (κ1) is 20.6. The lowest BCUT2D eigenvalue weighted by atomic mass is 10.0. The zero-order chi connectivity index (χ0) is 21.0. The fraction of sp³-hybridized carbons (Fsp3) is 0.333. The molecule has 29 heavy (non-hydrogen) atoms. The van der Waals surface area contributed by atoms with Crippen LogP contribution in [0.3, 0.4) is 0 Å². The van der Waals surface area contributed by atoms with E-state index in [1.54, 1.807) is 6.26 Å². The largest absolute Gasteiger partial charge is 0.464 e. The first-order valence-corrected chi connectivity index (χ1v) is 9.86. The maximum Gasteiger partial charge on any atom is 0.310 e. The molecular weight excluding hydrogens is 366 g/mol. The Labute approximate surface area is 171 Å². The molecular formula is C24H27NO4. The van der Waals surface area contributed by atoms with E-state index in [2.05, 4.69) is 5.32 Å². The van der Waals surface area contributed by atoms with E-state index in [0.29, 0.717) is 0 Å². The van der Waals surface area contributed by atoms with Crippen molar-refractivity contribution in [3.63, 3.8) is 0 Å². The second kappa shape index (κ2) is 8.95. The minimum Gasteiger partial charge on any atom is -0.464 e. The zero-order valence-electron chi connectivity index (χ0n) is 17.4. The molecule has 0 aliphatic heterocycles. The third-order valence-corrected chi connectivity index (χ3v) is 5.19. The van der Waals surface area contributed by atoms with E-state index in [9.17, 15) is 9.59 Å². The van der Waals surface area contributed by atoms with Gasteiger partial charge in [0.1, 0.15) is 5.58 Å². The number of esters is 1. The Hall–Kier alpha value is -3.08. The van der Waals surface area contributed by atoms with Gasteiger partial charge >= 0.3 is 5.97 Å². The van der Waals surface area contributed by atoms with Gasteiger partial charge in [0, 0.05) is 10.9 Å². The highest BCUT2D eigenvalue weighted by molar-refractivity contribution is 5.87. The summed E-state index contributed by atoms with van der Waals surface area (Å²) in [4.78, 5) is 24.5. The topological polar surface area (TPSA) is 68.5 Å². The van der Waals surface area contributed by atoms with Gasteiger partial charge in [-0.25, -0.2) is 0 Å². The summed E-state index contributed by atoms with van der Waals surface area (Å²) < 4.78 is 10.7. The summed E-state index contributed by atoms with van der Waals surface area (Å²) in [5, 5.41) is 3.83. The van der Waals surface area contributed by atoms with E-state index in [4.69, 9.17) is 9.15 Å². The van der Waals surface area contributed by atoms with Gasteiger partial charge in [-0.2, -0.15) is 0 Å². The molecule has 3 aromatic rings. The van der Waals surface area contributed by atoms with Crippen LogP contribution in [0.4, 0.5) is 0 Å². The van der Waals surface area contributed by atoms with E-state index in [0.717, 1.165) is 39.6 Å². The molecule has 5 heteroatoms. The summed E-state index contributed by atoms with van der Waals surface area (Å²) in [5.74, 6) is -0.765. The van der Waals surface area contributed by atoms with Crippen molar-refractivity contribution < 1.29 is 18.7 Å². The van der Waals surface area contributed by atoms with Crippen molar-refractivity contribution in [1.29, 1.82) is 0 Å². The normalized spacial score (nSPS) is 12.0. The number of hydrogen-bond acceptors (Lipinski definition) is 4. The lowest BCUT2D eigenvalue weighted by Gasteiger charge is -2.17. The van der Waals surface area contributed by atoms with Crippen LogP contribution in [0.25, 0.3) is 11.0 Å². The Balaban J connectivity index is 1.55. The maximum absolute atomic E-state index is 12.2. The van der Waals surface area contributed by atoms with Crippen LogP contribution in [0.1, 0.15) is 47.2 Å². The second-order valence-corrected chi connectivity index (χ2v) is 7.47. The number of rotatable bonds is 7. The van der Waals surface area contributed by atoms with Crippen molar-refractivity contribution in [3.05, 3.63) is 70.5 Å². The van der Waals surface area contributed by atoms with Gasteiger partial charge in [-0.15, -0.1) is 0 Å². The number of benzene rings is 2. The highest BCUT2D eigenvalue weighted by Crippen LogP contribution is 2.25. The summed E-state index contributed by atoms with van der Waals surface area (Å²) in [6.07, 6.45) is 2.40. The Kier molecular flexibility index (Phi) is 6.37. The number of hydrogen-bond donors (Lipinski definition) is 1. The van der Waals surface area contributed by atoms with Gasteiger partial charge in [0.2, 0.25) is 0 Å². The first-order chi connectivity index (χ1) is 13.9. The van der Waals surface area contributed by atoms with Crippen molar-refractivity contribution in [3.8, 4) is 0 Å². The molecule has 3 rings (SSSR count). The highest BCUT2D eigenvalue weighted by Gasteiger charge is 2.16. The summed E-state index contributed by atoms with van der Waals surface area (Å²) in [6.45, 7) is 7.77. The summed E-state index contributed by atoms with van der Waals surface area (Å²) in [5.41, 5.74) is 5.98. The molecule has 152 valence electrons. The number of carbonyl (C=O) groups excluding carboxylic acids is 2. The SMILES string of the molecule is CC[C@@H](NC(=O)COC(=O)Cc1coc2cc(C)c(C)cc12)c1ccc(C)cc1. The Morgan fingerprint density at radius 1 is 1.07 bits per heavy atom. The predicted octanol–water partition coefficient (Wildman–Crippen LogP) is 4.71. The number of amides is 1. The smallest absolute Gasteiger partial charge is 0.310 e. The third-order valence-electron chi connectivity index (χ3n) is 5.19. The molecule has 0 bridgehead atoms. The number of carbonyl (C=O) groups is 2. The third kappa shape index (κ3) is 5.05. The molecule has 1 heterocycles. The molecule has 2 aromatic carbocycles. The number of ether oxygens (including phenoxy) is 1. The molecule has 1 amide bonds. The average Bonchev–Trinajstić information content (AvgIpc) is 3.07. The van der Waals surface area contributed by atoms with Crippen LogP contribution in [0.15, 0.2) is 47.1 Å². The fourth-order valence-electron chi connectivity index (χ4n) is 3.28. The lowest BCUT2D eigenvalue weighted by Crippen LogP contribution is -2.32. The van der Waals surface area contributed by atoms with Gasteiger partial charge in [-0.1, -0.05) is 36.8 Å². The van der Waals surface area contributed by atoms with E-state index in [1.807, 2.05) is 64.1 Å². The van der Waals surface area contributed by atoms with Gasteiger partial charge in [-0.3, -0.25) is 9.59 Å². The Bertz CT molecular complexity index is 1020. The monoisotopic (exact) mass is 393 g/mol. The highest BCUT2D eigenvalue weighted by atomic mass is 16.5. The first-order valence-electron chi connectivity index (χ1n) is 9.86. The van der Waals surface area contributed by atoms with Crippen molar-refractivity contribution in [2.24, 2.45) is 0 Å². The molecule has 1 aromatic heterocycles. The van der Waals surface area contributed by atoms with E-state index in [1.165, 1.54) is 5.56 Å². The van der Waals surface area contributed by atoms with Gasteiger partial charge in [0.15, 0.2) is 6.61 Å². The van der Waals surface area contributed by atoms with E-state index in [-0.39, 0.29) is 25.0 Å². The molecule has 0 saturated carbocycles. The molecule has 0 spiro atoms. The molecule has 0 radical (unpaired) electrons. The van der Waals surface area contributed by atoms with Gasteiger partial charge in [-0.05, 0) is 56.0 Å². The van der Waals surface area contributed by atoms with E-state index >= 15 is 0 Å². The lowest BCUT2D eigenvalue weighted by molar-refractivity contribution is -0.148. The molecule has 0 aliphatic carbocycles. The fourth-order valence-corrected chi connectivity index (χ4v) is 3.28. The zero-order valence-corrected chi connectivity index (χ0v) is 17.4. The minimum absolute atomic E-state index is 0.0674. The molecule has 1 atom stereocenters. The predicted molar refractivity (Wildman–Crippen MR) is 113 cm³/mol. The summed E-state index contributed by atoms with van der Waals surface area (Å²) in [6, 6.07) is 11.9. The molecule has 0 aliphatic rings. The second-order valence-electron chi connectivity index (χ2n) is 7.47. The van der Waals surface area contributed by atoms with Crippen molar-refractivity contribution >= 4 is 22.8 Å². The van der Waals surface area contributed by atoms with Crippen LogP contribution >= 0.6 is 0 Å². The molecule has 1 N–H and O–H groups in total. The Morgan fingerprint density at radius 3 is 2.45 bits per heavy atom. The van der Waals surface area contributed by atoms with Crippen LogP contribution in [0.5, 0.6) is 0 Å². The van der Waals surface area contributed by atoms with E-state index < -0.39 is 5.97 Å². The van der Waals surface area contributed by atoms with Crippen molar-refractivity contribution in [1.82, 2.24) is 5.32 Å². The molecule has 0 unspecified atom stereocenters. The summed E-state index contributed by atoms with van der Waals surface area (Å²) >= 11 is 0. The molecule has 0 saturated heterocycles. The number of fused-ring (bicyclic) bond motifs is 1.